The molecule has 0 radical (unpaired) electrons. The summed E-state index contributed by atoms with van der Waals surface area (Å²) in [5, 5.41) is 3.46. The lowest BCUT2D eigenvalue weighted by Crippen LogP contribution is -2.57. The largest absolute Gasteiger partial charge is 0.316 e. The topological polar surface area (TPSA) is 15.3 Å². The Morgan fingerprint density at radius 3 is 2.83 bits per heavy atom. The van der Waals surface area contributed by atoms with Gasteiger partial charge in [-0.25, -0.2) is 0 Å². The van der Waals surface area contributed by atoms with E-state index in [1.807, 2.05) is 0 Å². The van der Waals surface area contributed by atoms with Gasteiger partial charge in [-0.1, -0.05) is 13.3 Å². The normalized spacial score (nSPS) is 27.8. The summed E-state index contributed by atoms with van der Waals surface area (Å²) in [4.78, 5) is 2.61. The van der Waals surface area contributed by atoms with Crippen molar-refractivity contribution >= 4 is 0 Å². The Bertz CT molecular complexity index is 142. The van der Waals surface area contributed by atoms with Crippen molar-refractivity contribution in [2.24, 2.45) is 5.41 Å². The zero-order valence-electron chi connectivity index (χ0n) is 8.10. The van der Waals surface area contributed by atoms with E-state index in [1.165, 1.54) is 52.0 Å². The van der Waals surface area contributed by atoms with Crippen molar-refractivity contribution < 1.29 is 0 Å². The molecule has 12 heavy (non-hydrogen) atoms. The van der Waals surface area contributed by atoms with Crippen molar-refractivity contribution in [3.05, 3.63) is 0 Å². The van der Waals surface area contributed by atoms with E-state index in [4.69, 9.17) is 0 Å². The summed E-state index contributed by atoms with van der Waals surface area (Å²) >= 11 is 0. The Labute approximate surface area is 75.3 Å². The smallest absolute Gasteiger partial charge is 0.00943 e. The van der Waals surface area contributed by atoms with Gasteiger partial charge in [0.2, 0.25) is 0 Å². The molecule has 2 nitrogen and oxygen atoms in total. The zero-order chi connectivity index (χ0) is 8.44. The summed E-state index contributed by atoms with van der Waals surface area (Å²) in [6.45, 7) is 8.85. The number of nitrogens with one attached hydrogen (secondary N) is 1. The highest BCUT2D eigenvalue weighted by atomic mass is 15.2. The van der Waals surface area contributed by atoms with E-state index in [0.717, 1.165) is 0 Å². The lowest BCUT2D eigenvalue weighted by Gasteiger charge is -2.48. The van der Waals surface area contributed by atoms with Crippen LogP contribution in [0.5, 0.6) is 0 Å². The van der Waals surface area contributed by atoms with Crippen molar-refractivity contribution in [1.29, 1.82) is 0 Å². The molecule has 0 aromatic rings. The third kappa shape index (κ3) is 1.50. The van der Waals surface area contributed by atoms with Crippen molar-refractivity contribution in [2.75, 3.05) is 32.7 Å². The number of hydrogen-bond donors (Lipinski definition) is 1. The van der Waals surface area contributed by atoms with Gasteiger partial charge in [-0.05, 0) is 25.9 Å². The molecule has 2 fully saturated rings. The Morgan fingerprint density at radius 1 is 1.42 bits per heavy atom. The van der Waals surface area contributed by atoms with Gasteiger partial charge in [0.15, 0.2) is 0 Å². The second-order valence-electron chi connectivity index (χ2n) is 4.49. The van der Waals surface area contributed by atoms with Crippen LogP contribution in [0, 0.1) is 5.41 Å². The van der Waals surface area contributed by atoms with Crippen LogP contribution in [0.4, 0.5) is 0 Å². The standard InChI is InChI=1S/C10H20N2/c1-2-3-6-12-8-10(9-12)4-5-11-7-10/h11H,2-9H2,1H3. The first-order valence-electron chi connectivity index (χ1n) is 5.28. The number of hydrogen-bond acceptors (Lipinski definition) is 2. The first kappa shape index (κ1) is 8.52. The Morgan fingerprint density at radius 2 is 2.25 bits per heavy atom. The predicted octanol–water partition coefficient (Wildman–Crippen LogP) is 1.08. The molecule has 0 aliphatic carbocycles. The first-order chi connectivity index (χ1) is 5.85. The van der Waals surface area contributed by atoms with E-state index in [-0.39, 0.29) is 0 Å². The van der Waals surface area contributed by atoms with Crippen LogP contribution >= 0.6 is 0 Å². The lowest BCUT2D eigenvalue weighted by molar-refractivity contribution is 0.0163. The van der Waals surface area contributed by atoms with E-state index >= 15 is 0 Å². The Balaban J connectivity index is 1.68. The van der Waals surface area contributed by atoms with Crippen molar-refractivity contribution in [1.82, 2.24) is 10.2 Å². The Hall–Kier alpha value is -0.0800. The van der Waals surface area contributed by atoms with Gasteiger partial charge >= 0.3 is 0 Å². The average Bonchev–Trinajstić information content (AvgIpc) is 2.46. The molecule has 2 aliphatic rings. The SMILES string of the molecule is CCCCN1CC2(CCNC2)C1. The highest BCUT2D eigenvalue weighted by Gasteiger charge is 2.43. The maximum Gasteiger partial charge on any atom is 0.00943 e. The fourth-order valence-corrected chi connectivity index (χ4v) is 2.51. The molecule has 2 heteroatoms. The monoisotopic (exact) mass is 168 g/mol. The summed E-state index contributed by atoms with van der Waals surface area (Å²) in [5.74, 6) is 0. The molecule has 70 valence electrons. The lowest BCUT2D eigenvalue weighted by atomic mass is 9.79. The molecule has 0 aromatic carbocycles. The van der Waals surface area contributed by atoms with E-state index in [0.29, 0.717) is 5.41 Å². The minimum Gasteiger partial charge on any atom is -0.316 e. The number of unbranched alkanes of at least 4 members (excludes halogenated alkanes) is 1. The quantitative estimate of drug-likeness (QED) is 0.678. The third-order valence-corrected chi connectivity index (χ3v) is 3.28. The molecular formula is C10H20N2. The van der Waals surface area contributed by atoms with Crippen LogP contribution in [0.2, 0.25) is 0 Å². The molecular weight excluding hydrogens is 148 g/mol. The summed E-state index contributed by atoms with van der Waals surface area (Å²) in [5.41, 5.74) is 0.702. The highest BCUT2D eigenvalue weighted by Crippen LogP contribution is 2.35. The van der Waals surface area contributed by atoms with E-state index in [2.05, 4.69) is 17.1 Å². The highest BCUT2D eigenvalue weighted by molar-refractivity contribution is 4.99. The van der Waals surface area contributed by atoms with Gasteiger partial charge in [-0.2, -0.15) is 0 Å². The maximum absolute atomic E-state index is 3.46. The molecule has 0 aromatic heterocycles. The predicted molar refractivity (Wildman–Crippen MR) is 51.3 cm³/mol. The van der Waals surface area contributed by atoms with Crippen LogP contribution in [0.15, 0.2) is 0 Å². The van der Waals surface area contributed by atoms with Crippen LogP contribution < -0.4 is 5.32 Å². The number of nitrogens with zero attached hydrogens (tertiary/aromatic N) is 1. The van der Waals surface area contributed by atoms with Crippen molar-refractivity contribution in [2.45, 2.75) is 26.2 Å². The van der Waals surface area contributed by atoms with Gasteiger partial charge < -0.3 is 10.2 Å². The van der Waals surface area contributed by atoms with Crippen LogP contribution in [0.1, 0.15) is 26.2 Å². The van der Waals surface area contributed by atoms with E-state index in [9.17, 15) is 0 Å². The number of rotatable bonds is 3. The van der Waals surface area contributed by atoms with Gasteiger partial charge in [0.25, 0.3) is 0 Å². The summed E-state index contributed by atoms with van der Waals surface area (Å²) < 4.78 is 0. The number of likely N-dealkylation sites (tertiary alicyclic amines) is 1. The fraction of sp³-hybridized carbons (Fsp3) is 1.00. The summed E-state index contributed by atoms with van der Waals surface area (Å²) in [6, 6.07) is 0. The average molecular weight is 168 g/mol. The van der Waals surface area contributed by atoms with Crippen molar-refractivity contribution in [3.8, 4) is 0 Å². The summed E-state index contributed by atoms with van der Waals surface area (Å²) in [6.07, 6.45) is 4.13. The minimum absolute atomic E-state index is 0.702. The zero-order valence-corrected chi connectivity index (χ0v) is 8.10. The van der Waals surface area contributed by atoms with Crippen LogP contribution in [-0.2, 0) is 0 Å². The van der Waals surface area contributed by atoms with Gasteiger partial charge in [0.05, 0.1) is 0 Å². The molecule has 0 saturated carbocycles. The molecule has 1 N–H and O–H groups in total. The Kier molecular flexibility index (Phi) is 2.37. The maximum atomic E-state index is 3.46. The molecule has 0 unspecified atom stereocenters. The summed E-state index contributed by atoms with van der Waals surface area (Å²) in [7, 11) is 0. The molecule has 0 amide bonds. The minimum atomic E-state index is 0.702. The second-order valence-corrected chi connectivity index (χ2v) is 4.49. The van der Waals surface area contributed by atoms with Crippen LogP contribution in [-0.4, -0.2) is 37.6 Å². The van der Waals surface area contributed by atoms with E-state index < -0.39 is 0 Å². The molecule has 2 aliphatic heterocycles. The van der Waals surface area contributed by atoms with Crippen LogP contribution in [0.25, 0.3) is 0 Å². The molecule has 2 saturated heterocycles. The van der Waals surface area contributed by atoms with Crippen molar-refractivity contribution in [3.63, 3.8) is 0 Å². The van der Waals surface area contributed by atoms with Gasteiger partial charge in [-0.15, -0.1) is 0 Å². The molecule has 2 heterocycles. The first-order valence-corrected chi connectivity index (χ1v) is 5.28. The second kappa shape index (κ2) is 3.35. The van der Waals surface area contributed by atoms with E-state index in [1.54, 1.807) is 0 Å². The molecule has 0 atom stereocenters. The fourth-order valence-electron chi connectivity index (χ4n) is 2.51. The third-order valence-electron chi connectivity index (χ3n) is 3.28. The van der Waals surface area contributed by atoms with Gasteiger partial charge in [-0.3, -0.25) is 0 Å². The molecule has 2 rings (SSSR count). The molecule has 1 spiro atoms. The van der Waals surface area contributed by atoms with Gasteiger partial charge in [0, 0.05) is 25.0 Å². The van der Waals surface area contributed by atoms with Crippen LogP contribution in [0.3, 0.4) is 0 Å². The van der Waals surface area contributed by atoms with Gasteiger partial charge in [0.1, 0.15) is 0 Å². The molecule has 0 bridgehead atoms.